The average Bonchev–Trinajstić information content (AvgIpc) is 2.39. The zero-order valence-corrected chi connectivity index (χ0v) is 11.8. The van der Waals surface area contributed by atoms with E-state index in [0.29, 0.717) is 6.54 Å². The van der Waals surface area contributed by atoms with Gasteiger partial charge in [0.15, 0.2) is 0 Å². The Bertz CT molecular complexity index is 370. The van der Waals surface area contributed by atoms with Gasteiger partial charge in [-0.2, -0.15) is 0 Å². The minimum absolute atomic E-state index is 0.242. The van der Waals surface area contributed by atoms with Crippen molar-refractivity contribution in [2.24, 2.45) is 0 Å². The highest BCUT2D eigenvalue weighted by molar-refractivity contribution is 5.17. The predicted octanol–water partition coefficient (Wildman–Crippen LogP) is 0.982. The first-order valence-corrected chi connectivity index (χ1v) is 6.87. The maximum Gasteiger partial charge on any atom is 0.0916 e. The van der Waals surface area contributed by atoms with Crippen LogP contribution in [0.3, 0.4) is 0 Å². The highest BCUT2D eigenvalue weighted by atomic mass is 16.5. The van der Waals surface area contributed by atoms with Crippen LogP contribution in [0.2, 0.25) is 0 Å². The Labute approximate surface area is 115 Å². The van der Waals surface area contributed by atoms with Crippen molar-refractivity contribution in [1.29, 1.82) is 0 Å². The molecule has 0 bridgehead atoms. The molecule has 106 valence electrons. The number of ether oxygens (including phenoxy) is 1. The lowest BCUT2D eigenvalue weighted by molar-refractivity contribution is -0.0489. The van der Waals surface area contributed by atoms with Gasteiger partial charge >= 0.3 is 0 Å². The number of hydrogen-bond donors (Lipinski definition) is 1. The summed E-state index contributed by atoms with van der Waals surface area (Å²) in [7, 11) is 4.11. The average molecular weight is 264 g/mol. The van der Waals surface area contributed by atoms with E-state index in [1.54, 1.807) is 0 Å². The Morgan fingerprint density at radius 1 is 1.37 bits per heavy atom. The molecule has 1 N–H and O–H groups in total. The summed E-state index contributed by atoms with van der Waals surface area (Å²) in [5, 5.41) is 10.2. The number of likely N-dealkylation sites (N-methyl/N-ethyl adjacent to an activating group) is 1. The first-order chi connectivity index (χ1) is 9.15. The number of nitrogens with zero attached hydrogens (tertiary/aromatic N) is 2. The van der Waals surface area contributed by atoms with Crippen LogP contribution >= 0.6 is 0 Å². The van der Waals surface area contributed by atoms with Crippen molar-refractivity contribution >= 4 is 0 Å². The molecule has 0 aliphatic carbocycles. The van der Waals surface area contributed by atoms with Gasteiger partial charge < -0.3 is 14.7 Å². The molecule has 1 aromatic carbocycles. The number of morpholine rings is 1. The summed E-state index contributed by atoms with van der Waals surface area (Å²) >= 11 is 0. The molecule has 0 aromatic heterocycles. The second-order valence-corrected chi connectivity index (χ2v) is 5.44. The molecule has 2 atom stereocenters. The van der Waals surface area contributed by atoms with Crippen LogP contribution in [0, 0.1) is 0 Å². The van der Waals surface area contributed by atoms with Crippen molar-refractivity contribution in [3.05, 3.63) is 35.9 Å². The van der Waals surface area contributed by atoms with Crippen LogP contribution < -0.4 is 0 Å². The van der Waals surface area contributed by atoms with Crippen molar-refractivity contribution in [3.8, 4) is 0 Å². The van der Waals surface area contributed by atoms with E-state index in [1.165, 1.54) is 0 Å². The van der Waals surface area contributed by atoms with E-state index in [0.717, 1.165) is 31.8 Å². The van der Waals surface area contributed by atoms with Crippen LogP contribution in [0.1, 0.15) is 11.7 Å². The fraction of sp³-hybridized carbons (Fsp3) is 0.600. The molecule has 1 aliphatic rings. The van der Waals surface area contributed by atoms with Crippen LogP contribution in [0.25, 0.3) is 0 Å². The molecule has 1 aliphatic heterocycles. The van der Waals surface area contributed by atoms with Crippen LogP contribution in [-0.4, -0.2) is 67.9 Å². The molecule has 1 fully saturated rings. The fourth-order valence-corrected chi connectivity index (χ4v) is 2.49. The quantitative estimate of drug-likeness (QED) is 0.860. The second kappa shape index (κ2) is 7.01. The number of hydrogen-bond acceptors (Lipinski definition) is 4. The molecule has 4 heteroatoms. The van der Waals surface area contributed by atoms with Gasteiger partial charge in [0.25, 0.3) is 0 Å². The molecule has 0 radical (unpaired) electrons. The van der Waals surface area contributed by atoms with Crippen molar-refractivity contribution < 1.29 is 9.84 Å². The zero-order valence-electron chi connectivity index (χ0n) is 11.8. The Balaban J connectivity index is 1.85. The molecule has 4 nitrogen and oxygen atoms in total. The van der Waals surface area contributed by atoms with Crippen LogP contribution in [0.15, 0.2) is 30.3 Å². The molecule has 0 unspecified atom stereocenters. The minimum Gasteiger partial charge on any atom is -0.387 e. The monoisotopic (exact) mass is 264 g/mol. The number of aliphatic hydroxyl groups excluding tert-OH is 1. The van der Waals surface area contributed by atoms with Crippen molar-refractivity contribution in [3.63, 3.8) is 0 Å². The van der Waals surface area contributed by atoms with Gasteiger partial charge in [-0.25, -0.2) is 0 Å². The summed E-state index contributed by atoms with van der Waals surface area (Å²) < 4.78 is 5.74. The third-order valence-electron chi connectivity index (χ3n) is 3.41. The summed E-state index contributed by atoms with van der Waals surface area (Å²) in [6.45, 7) is 4.14. The van der Waals surface area contributed by atoms with Crippen LogP contribution in [-0.2, 0) is 4.74 Å². The SMILES string of the molecule is CN(C)C[C@@H]1CN(C[C@@H](O)c2ccccc2)CCO1. The Morgan fingerprint density at radius 3 is 2.79 bits per heavy atom. The van der Waals surface area contributed by atoms with Gasteiger partial charge in [-0.1, -0.05) is 30.3 Å². The normalized spacial score (nSPS) is 22.6. The first-order valence-electron chi connectivity index (χ1n) is 6.87. The summed E-state index contributed by atoms with van der Waals surface area (Å²) in [5.74, 6) is 0. The standard InChI is InChI=1S/C15H24N2O2/c1-16(2)10-14-11-17(8-9-19-14)12-15(18)13-6-4-3-5-7-13/h3-7,14-15,18H,8-12H2,1-2H3/t14-,15-/m1/s1. The summed E-state index contributed by atoms with van der Waals surface area (Å²) in [6.07, 6.45) is -0.175. The van der Waals surface area contributed by atoms with Crippen molar-refractivity contribution in [1.82, 2.24) is 9.80 Å². The molecule has 2 rings (SSSR count). The lowest BCUT2D eigenvalue weighted by atomic mass is 10.1. The second-order valence-electron chi connectivity index (χ2n) is 5.44. The van der Waals surface area contributed by atoms with E-state index in [4.69, 9.17) is 4.74 Å². The molecule has 1 aromatic rings. The lowest BCUT2D eigenvalue weighted by Gasteiger charge is -2.35. The maximum atomic E-state index is 10.2. The summed E-state index contributed by atoms with van der Waals surface area (Å²) in [5.41, 5.74) is 0.984. The number of aliphatic hydroxyl groups is 1. The predicted molar refractivity (Wildman–Crippen MR) is 76.1 cm³/mol. The van der Waals surface area contributed by atoms with Gasteiger partial charge in [0.1, 0.15) is 0 Å². The molecule has 0 spiro atoms. The Hall–Kier alpha value is -0.940. The Morgan fingerprint density at radius 2 is 2.11 bits per heavy atom. The van der Waals surface area contributed by atoms with Gasteiger partial charge in [0.2, 0.25) is 0 Å². The van der Waals surface area contributed by atoms with Gasteiger partial charge in [-0.05, 0) is 19.7 Å². The smallest absolute Gasteiger partial charge is 0.0916 e. The molecule has 1 saturated heterocycles. The Kier molecular flexibility index (Phi) is 5.34. The van der Waals surface area contributed by atoms with Crippen LogP contribution in [0.4, 0.5) is 0 Å². The van der Waals surface area contributed by atoms with E-state index in [1.807, 2.05) is 30.3 Å². The van der Waals surface area contributed by atoms with Gasteiger partial charge in [-0.15, -0.1) is 0 Å². The zero-order chi connectivity index (χ0) is 13.7. The molecule has 19 heavy (non-hydrogen) atoms. The topological polar surface area (TPSA) is 35.9 Å². The molecular formula is C15H24N2O2. The summed E-state index contributed by atoms with van der Waals surface area (Å²) in [4.78, 5) is 4.43. The van der Waals surface area contributed by atoms with E-state index in [-0.39, 0.29) is 6.10 Å². The fourth-order valence-electron chi connectivity index (χ4n) is 2.49. The third kappa shape index (κ3) is 4.58. The minimum atomic E-state index is -0.417. The highest BCUT2D eigenvalue weighted by Gasteiger charge is 2.23. The van der Waals surface area contributed by atoms with E-state index < -0.39 is 6.10 Å². The molecule has 0 amide bonds. The van der Waals surface area contributed by atoms with Gasteiger partial charge in [0, 0.05) is 26.2 Å². The molecule has 0 saturated carbocycles. The largest absolute Gasteiger partial charge is 0.387 e. The maximum absolute atomic E-state index is 10.2. The summed E-state index contributed by atoms with van der Waals surface area (Å²) in [6, 6.07) is 9.85. The van der Waals surface area contributed by atoms with Crippen LogP contribution in [0.5, 0.6) is 0 Å². The number of benzene rings is 1. The van der Waals surface area contributed by atoms with E-state index >= 15 is 0 Å². The van der Waals surface area contributed by atoms with E-state index in [9.17, 15) is 5.11 Å². The van der Waals surface area contributed by atoms with Crippen molar-refractivity contribution in [2.75, 3.05) is 46.9 Å². The molecule has 1 heterocycles. The number of β-amino-alcohol motifs (C(OH)–C–C–N with tert-alkyl or cyclic N) is 1. The highest BCUT2D eigenvalue weighted by Crippen LogP contribution is 2.15. The molecular weight excluding hydrogens is 240 g/mol. The third-order valence-corrected chi connectivity index (χ3v) is 3.41. The number of rotatable bonds is 5. The van der Waals surface area contributed by atoms with E-state index in [2.05, 4.69) is 23.9 Å². The first kappa shape index (κ1) is 14.5. The van der Waals surface area contributed by atoms with Gasteiger partial charge in [-0.3, -0.25) is 4.90 Å². The van der Waals surface area contributed by atoms with Gasteiger partial charge in [0.05, 0.1) is 18.8 Å². The van der Waals surface area contributed by atoms with Crippen molar-refractivity contribution in [2.45, 2.75) is 12.2 Å². The lowest BCUT2D eigenvalue weighted by Crippen LogP contribution is -2.47.